The van der Waals surface area contributed by atoms with E-state index in [1.165, 1.54) is 0 Å². The van der Waals surface area contributed by atoms with E-state index in [4.69, 9.17) is 15.4 Å². The topological polar surface area (TPSA) is 23.0 Å². The first-order valence-corrected chi connectivity index (χ1v) is 14.7. The molecule has 10 aromatic rings. The lowest BCUT2D eigenvalue weighted by Gasteiger charge is -2.12. The highest BCUT2D eigenvalue weighted by Gasteiger charge is 2.17. The molecule has 0 aliphatic rings. The van der Waals surface area contributed by atoms with Crippen LogP contribution in [0.25, 0.3) is 88.1 Å². The molecule has 3 heteroatoms. The molecule has 3 heterocycles. The van der Waals surface area contributed by atoms with E-state index in [1.807, 2.05) is 72.8 Å². The molecule has 0 saturated carbocycles. The lowest BCUT2D eigenvalue weighted by atomic mass is 9.99. The van der Waals surface area contributed by atoms with Crippen LogP contribution in [0.2, 0.25) is 0 Å². The molecule has 3 nitrogen and oxygen atoms in total. The highest BCUT2D eigenvalue weighted by molar-refractivity contribution is 6.14. The van der Waals surface area contributed by atoms with Crippen molar-refractivity contribution in [2.24, 2.45) is 0 Å². The monoisotopic (exact) mass is 582 g/mol. The lowest BCUT2D eigenvalue weighted by molar-refractivity contribution is 0.669. The van der Waals surface area contributed by atoms with Crippen LogP contribution in [0, 0.1) is 0 Å². The van der Waals surface area contributed by atoms with E-state index >= 15 is 0 Å². The molecule has 0 fully saturated rings. The van der Waals surface area contributed by atoms with Crippen molar-refractivity contribution in [1.29, 1.82) is 0 Å². The molecule has 0 bridgehead atoms. The molecule has 0 unspecified atom stereocenters. The Kier molecular flexibility index (Phi) is 3.67. The van der Waals surface area contributed by atoms with Crippen LogP contribution >= 0.6 is 0 Å². The largest absolute Gasteiger partial charge is 0.456 e. The summed E-state index contributed by atoms with van der Waals surface area (Å²) in [6.07, 6.45) is 0. The number of fused-ring (bicyclic) bond motifs is 9. The number of nitrogens with zero attached hydrogens (tertiary/aromatic N) is 2. The Bertz CT molecular complexity index is 3150. The van der Waals surface area contributed by atoms with Crippen molar-refractivity contribution in [3.63, 3.8) is 0 Å². The number of para-hydroxylation sites is 4. The quantitative estimate of drug-likeness (QED) is 0.203. The molecule has 7 aromatic carbocycles. The number of aromatic nitrogens is 2. The first kappa shape index (κ1) is 17.9. The van der Waals surface area contributed by atoms with E-state index in [0.29, 0.717) is 5.69 Å². The summed E-state index contributed by atoms with van der Waals surface area (Å²) in [5.41, 5.74) is 7.20. The van der Waals surface area contributed by atoms with Gasteiger partial charge in [-0.15, -0.1) is 0 Å². The van der Waals surface area contributed by atoms with Gasteiger partial charge in [0.25, 0.3) is 0 Å². The molecular formula is C42H26N2O. The number of benzene rings is 7. The third-order valence-electron chi connectivity index (χ3n) is 8.76. The van der Waals surface area contributed by atoms with Gasteiger partial charge in [0.2, 0.25) is 0 Å². The molecule has 210 valence electrons. The van der Waals surface area contributed by atoms with Crippen molar-refractivity contribution in [1.82, 2.24) is 9.13 Å². The van der Waals surface area contributed by atoms with Crippen LogP contribution in [0.15, 0.2) is 162 Å². The third-order valence-corrected chi connectivity index (χ3v) is 8.76. The Morgan fingerprint density at radius 1 is 0.444 bits per heavy atom. The minimum absolute atomic E-state index is 0.0535. The zero-order valence-corrected chi connectivity index (χ0v) is 23.7. The highest BCUT2D eigenvalue weighted by Crippen LogP contribution is 2.40. The van der Waals surface area contributed by atoms with Crippen molar-refractivity contribution < 1.29 is 15.4 Å². The zero-order valence-electron chi connectivity index (χ0n) is 31.7. The summed E-state index contributed by atoms with van der Waals surface area (Å²) >= 11 is 0. The summed E-state index contributed by atoms with van der Waals surface area (Å²) in [5.74, 6) is 0. The predicted octanol–water partition coefficient (Wildman–Crippen LogP) is 11.4. The number of hydrogen-bond acceptors (Lipinski definition) is 1. The summed E-state index contributed by atoms with van der Waals surface area (Å²) < 4.78 is 79.2. The van der Waals surface area contributed by atoms with E-state index in [1.54, 1.807) is 4.57 Å². The Labute approximate surface area is 270 Å². The summed E-state index contributed by atoms with van der Waals surface area (Å²) in [6.45, 7) is 0. The van der Waals surface area contributed by atoms with Crippen LogP contribution in [0.4, 0.5) is 0 Å². The zero-order chi connectivity index (χ0) is 36.4. The molecule has 0 amide bonds. The maximum atomic E-state index is 8.94. The number of rotatable bonds is 3. The number of hydrogen-bond donors (Lipinski definition) is 0. The molecule has 0 spiro atoms. The SMILES string of the molecule is [2H]c1c([2H])c([2H])c2c(c1[2H])c1c([2H])c([2H])c([2H])c([2H])c1n2-c1ccc2c(c1)c1ccccc1n2-c1cccc(-c2cccc3oc4ccccc4c23)c1. The van der Waals surface area contributed by atoms with Gasteiger partial charge in [-0.05, 0) is 71.7 Å². The molecule has 0 N–H and O–H groups in total. The Balaban J connectivity index is 1.25. The second-order valence-corrected chi connectivity index (χ2v) is 11.2. The minimum Gasteiger partial charge on any atom is -0.456 e. The van der Waals surface area contributed by atoms with Crippen LogP contribution < -0.4 is 0 Å². The van der Waals surface area contributed by atoms with E-state index in [2.05, 4.69) is 41.0 Å². The predicted molar refractivity (Wildman–Crippen MR) is 188 cm³/mol. The first-order valence-electron chi connectivity index (χ1n) is 18.7. The Hall–Kier alpha value is -6.06. The fraction of sp³-hybridized carbons (Fsp3) is 0. The standard InChI is InChI=1S/C42H26N2O/c1-5-18-36-31(13-1)32-14-2-6-19-37(32)44(36)29-23-24-39-35(26-29)33-15-3-7-20-38(33)43(39)28-12-9-11-27(25-28)30-17-10-22-41-42(30)34-16-4-8-21-40(34)45-41/h1-26H/i1D,2D,5D,6D,13D,14D,18D,19D. The molecule has 10 rings (SSSR count). The molecule has 0 aliphatic carbocycles. The van der Waals surface area contributed by atoms with Crippen molar-refractivity contribution in [2.75, 3.05) is 0 Å². The fourth-order valence-electron chi connectivity index (χ4n) is 6.88. The van der Waals surface area contributed by atoms with Gasteiger partial charge in [0, 0.05) is 43.7 Å². The molecule has 0 radical (unpaired) electrons. The molecule has 45 heavy (non-hydrogen) atoms. The van der Waals surface area contributed by atoms with Gasteiger partial charge in [0.1, 0.15) is 11.2 Å². The highest BCUT2D eigenvalue weighted by atomic mass is 16.3. The molecule has 3 aromatic heterocycles. The Morgan fingerprint density at radius 3 is 1.93 bits per heavy atom. The van der Waals surface area contributed by atoms with E-state index < -0.39 is 24.2 Å². The average molecular weight is 583 g/mol. The second kappa shape index (κ2) is 9.22. The molecule has 0 aliphatic heterocycles. The van der Waals surface area contributed by atoms with Gasteiger partial charge in [-0.25, -0.2) is 0 Å². The molecule has 0 atom stereocenters. The van der Waals surface area contributed by atoms with Crippen molar-refractivity contribution in [3.05, 3.63) is 158 Å². The molecule has 0 saturated heterocycles. The van der Waals surface area contributed by atoms with E-state index in [9.17, 15) is 0 Å². The fourth-order valence-corrected chi connectivity index (χ4v) is 6.88. The summed E-state index contributed by atoms with van der Waals surface area (Å²) in [4.78, 5) is 0. The second-order valence-electron chi connectivity index (χ2n) is 11.2. The Morgan fingerprint density at radius 2 is 1.09 bits per heavy atom. The molecular weight excluding hydrogens is 548 g/mol. The van der Waals surface area contributed by atoms with Crippen molar-refractivity contribution in [2.45, 2.75) is 0 Å². The van der Waals surface area contributed by atoms with Gasteiger partial charge in [-0.3, -0.25) is 0 Å². The van der Waals surface area contributed by atoms with Crippen LogP contribution in [0.3, 0.4) is 0 Å². The van der Waals surface area contributed by atoms with E-state index in [-0.39, 0.29) is 46.0 Å². The number of furan rings is 1. The maximum absolute atomic E-state index is 8.94. The first-order chi connectivity index (χ1) is 25.7. The smallest absolute Gasteiger partial charge is 0.136 e. The van der Waals surface area contributed by atoms with Crippen molar-refractivity contribution >= 4 is 65.6 Å². The van der Waals surface area contributed by atoms with E-state index in [0.717, 1.165) is 60.6 Å². The normalized spacial score (nSPS) is 14.5. The summed E-state index contributed by atoms with van der Waals surface area (Å²) in [6, 6.07) is 33.1. The third kappa shape index (κ3) is 3.46. The van der Waals surface area contributed by atoms with Crippen LogP contribution in [0.1, 0.15) is 11.0 Å². The lowest BCUT2D eigenvalue weighted by Crippen LogP contribution is -1.96. The minimum atomic E-state index is -0.466. The van der Waals surface area contributed by atoms with Crippen LogP contribution in [-0.4, -0.2) is 9.13 Å². The van der Waals surface area contributed by atoms with Gasteiger partial charge in [-0.1, -0.05) is 96.9 Å². The summed E-state index contributed by atoms with van der Waals surface area (Å²) in [7, 11) is 0. The van der Waals surface area contributed by atoms with Gasteiger partial charge >= 0.3 is 0 Å². The average Bonchev–Trinajstić information content (AvgIpc) is 3.86. The van der Waals surface area contributed by atoms with Crippen molar-refractivity contribution in [3.8, 4) is 22.5 Å². The van der Waals surface area contributed by atoms with Gasteiger partial charge in [0.05, 0.1) is 33.0 Å². The van der Waals surface area contributed by atoms with Gasteiger partial charge in [-0.2, -0.15) is 0 Å². The van der Waals surface area contributed by atoms with Gasteiger partial charge < -0.3 is 13.6 Å². The maximum Gasteiger partial charge on any atom is 0.136 e. The van der Waals surface area contributed by atoms with Crippen LogP contribution in [-0.2, 0) is 0 Å². The van der Waals surface area contributed by atoms with Gasteiger partial charge in [0.15, 0.2) is 0 Å². The van der Waals surface area contributed by atoms with Crippen LogP contribution in [0.5, 0.6) is 0 Å². The summed E-state index contributed by atoms with van der Waals surface area (Å²) in [5, 5.41) is 4.02.